The fourth-order valence-corrected chi connectivity index (χ4v) is 3.21. The topological polar surface area (TPSA) is 98.2 Å². The van der Waals surface area contributed by atoms with Crippen LogP contribution in [0.25, 0.3) is 0 Å². The van der Waals surface area contributed by atoms with Crippen molar-refractivity contribution in [1.29, 1.82) is 0 Å². The van der Waals surface area contributed by atoms with E-state index in [9.17, 15) is 0 Å². The van der Waals surface area contributed by atoms with E-state index in [1.165, 1.54) is 0 Å². The summed E-state index contributed by atoms with van der Waals surface area (Å²) in [5.74, 6) is 1.92. The first-order chi connectivity index (χ1) is 13.4. The Labute approximate surface area is 171 Å². The molecule has 2 fully saturated rings. The molecule has 0 unspecified atom stereocenters. The van der Waals surface area contributed by atoms with E-state index in [0.717, 1.165) is 63.9 Å². The summed E-state index contributed by atoms with van der Waals surface area (Å²) in [6, 6.07) is 9.95. The fourth-order valence-electron chi connectivity index (χ4n) is 3.21. The molecule has 0 spiro atoms. The number of nitrogens with two attached hydrogens (primary N) is 1. The predicted octanol–water partition coefficient (Wildman–Crippen LogP) is -3.89. The Morgan fingerprint density at radius 1 is 0.929 bits per heavy atom. The van der Waals surface area contributed by atoms with Crippen LogP contribution in [0.4, 0.5) is 17.8 Å². The van der Waals surface area contributed by atoms with Gasteiger partial charge < -0.3 is 32.8 Å². The largest absolute Gasteiger partial charge is 1.00 e. The third-order valence-corrected chi connectivity index (χ3v) is 4.68. The monoisotopic (exact) mass is 403 g/mol. The van der Waals surface area contributed by atoms with E-state index < -0.39 is 0 Å². The third kappa shape index (κ3) is 5.28. The van der Waals surface area contributed by atoms with E-state index in [-0.39, 0.29) is 12.4 Å². The summed E-state index contributed by atoms with van der Waals surface area (Å²) in [5, 5.41) is 9.98. The number of anilines is 3. The maximum Gasteiger partial charge on any atom is 0.250 e. The normalized spacial score (nSPS) is 17.4. The van der Waals surface area contributed by atoms with Crippen LogP contribution in [-0.4, -0.2) is 73.5 Å². The van der Waals surface area contributed by atoms with Gasteiger partial charge in [-0.25, -0.2) is 5.43 Å². The van der Waals surface area contributed by atoms with Crippen LogP contribution in [0.1, 0.15) is 5.56 Å². The van der Waals surface area contributed by atoms with Crippen LogP contribution in [0.15, 0.2) is 35.4 Å². The molecule has 2 aromatic rings. The maximum absolute atomic E-state index is 4.74. The lowest BCUT2D eigenvalue weighted by atomic mass is 10.2. The fraction of sp³-hybridized carbons (Fsp3) is 0.444. The molecule has 4 rings (SSSR count). The molecule has 0 amide bonds. The van der Waals surface area contributed by atoms with E-state index in [2.05, 4.69) is 40.9 Å². The van der Waals surface area contributed by atoms with E-state index >= 15 is 0 Å². The molecular formula is C18H26ClN9. The van der Waals surface area contributed by atoms with Gasteiger partial charge in [-0.3, -0.25) is 0 Å². The molecule has 1 aromatic carbocycles. The number of rotatable bonds is 5. The van der Waals surface area contributed by atoms with E-state index in [0.29, 0.717) is 11.9 Å². The summed E-state index contributed by atoms with van der Waals surface area (Å²) in [4.78, 5) is 18.4. The summed E-state index contributed by atoms with van der Waals surface area (Å²) in [6.45, 7) is 7.67. The van der Waals surface area contributed by atoms with Crippen LogP contribution < -0.4 is 38.3 Å². The molecule has 3 heterocycles. The quantitative estimate of drug-likeness (QED) is 0.347. The first kappa shape index (κ1) is 20.2. The summed E-state index contributed by atoms with van der Waals surface area (Å²) in [7, 11) is 0. The number of benzene rings is 1. The van der Waals surface area contributed by atoms with Gasteiger partial charge in [0.05, 0.1) is 32.4 Å². The number of hydrogen-bond acceptors (Lipinski definition) is 8. The molecule has 0 aliphatic carbocycles. The molecule has 2 aliphatic heterocycles. The SMILES string of the molecule is C(=N\Nc1nc(N2CCNCC2)nc(N2CC[NH2+]CC2)n1)/c1ccccc1.[Cl-]. The molecule has 4 N–H and O–H groups in total. The minimum atomic E-state index is 0. The molecule has 9 nitrogen and oxygen atoms in total. The Morgan fingerprint density at radius 3 is 2.25 bits per heavy atom. The van der Waals surface area contributed by atoms with Crippen LogP contribution in [0.2, 0.25) is 0 Å². The zero-order chi connectivity index (χ0) is 18.3. The van der Waals surface area contributed by atoms with Crippen molar-refractivity contribution < 1.29 is 17.7 Å². The van der Waals surface area contributed by atoms with Crippen LogP contribution in [-0.2, 0) is 0 Å². The van der Waals surface area contributed by atoms with Crippen molar-refractivity contribution in [2.75, 3.05) is 67.6 Å². The summed E-state index contributed by atoms with van der Waals surface area (Å²) in [6.07, 6.45) is 1.77. The highest BCUT2D eigenvalue weighted by molar-refractivity contribution is 5.79. The van der Waals surface area contributed by atoms with Crippen molar-refractivity contribution in [2.45, 2.75) is 0 Å². The molecule has 10 heteroatoms. The zero-order valence-electron chi connectivity index (χ0n) is 15.8. The molecular weight excluding hydrogens is 378 g/mol. The van der Waals surface area contributed by atoms with E-state index in [4.69, 9.17) is 4.98 Å². The minimum absolute atomic E-state index is 0. The maximum atomic E-state index is 4.74. The second-order valence-electron chi connectivity index (χ2n) is 6.63. The number of nitrogens with zero attached hydrogens (tertiary/aromatic N) is 6. The van der Waals surface area contributed by atoms with Crippen molar-refractivity contribution in [2.24, 2.45) is 5.10 Å². The number of halogens is 1. The molecule has 150 valence electrons. The van der Waals surface area contributed by atoms with Gasteiger partial charge in [0.1, 0.15) is 0 Å². The van der Waals surface area contributed by atoms with Gasteiger partial charge in [-0.15, -0.1) is 0 Å². The van der Waals surface area contributed by atoms with Crippen molar-refractivity contribution in [3.05, 3.63) is 35.9 Å². The van der Waals surface area contributed by atoms with Gasteiger partial charge in [-0.1, -0.05) is 30.3 Å². The average Bonchev–Trinajstić information content (AvgIpc) is 2.76. The molecule has 2 aliphatic rings. The molecule has 0 atom stereocenters. The lowest BCUT2D eigenvalue weighted by Gasteiger charge is -2.29. The molecule has 0 radical (unpaired) electrons. The van der Waals surface area contributed by atoms with Gasteiger partial charge in [-0.2, -0.15) is 20.1 Å². The van der Waals surface area contributed by atoms with Crippen molar-refractivity contribution in [1.82, 2.24) is 20.3 Å². The Hall–Kier alpha value is -2.49. The van der Waals surface area contributed by atoms with Crippen LogP contribution in [0.3, 0.4) is 0 Å². The Kier molecular flexibility index (Phi) is 7.35. The second kappa shape index (κ2) is 10.2. The van der Waals surface area contributed by atoms with Gasteiger partial charge in [0, 0.05) is 26.2 Å². The smallest absolute Gasteiger partial charge is 0.250 e. The van der Waals surface area contributed by atoms with E-state index in [1.54, 1.807) is 6.21 Å². The molecule has 1 aromatic heterocycles. The Bertz CT molecular complexity index is 723. The van der Waals surface area contributed by atoms with E-state index in [1.807, 2.05) is 30.3 Å². The highest BCUT2D eigenvalue weighted by atomic mass is 35.5. The van der Waals surface area contributed by atoms with Crippen LogP contribution in [0.5, 0.6) is 0 Å². The standard InChI is InChI=1S/C18H25N9.ClH/c1-2-4-15(5-3-1)14-21-25-16-22-17(26-10-6-19-7-11-26)24-18(23-16)27-12-8-20-9-13-27;/h1-5,14,19-20H,6-13H2,(H,22,23,24,25);1H/b21-14+;. The number of piperazine rings is 2. The summed E-state index contributed by atoms with van der Waals surface area (Å²) in [5.41, 5.74) is 4.00. The number of aromatic nitrogens is 3. The number of hydrazone groups is 1. The molecule has 28 heavy (non-hydrogen) atoms. The molecule has 0 saturated carbocycles. The number of quaternary nitrogens is 1. The summed E-state index contributed by atoms with van der Waals surface area (Å²) < 4.78 is 0. The number of hydrogen-bond donors (Lipinski definition) is 3. The zero-order valence-corrected chi connectivity index (χ0v) is 16.5. The second-order valence-corrected chi connectivity index (χ2v) is 6.63. The lowest BCUT2D eigenvalue weighted by molar-refractivity contribution is -0.655. The van der Waals surface area contributed by atoms with Gasteiger partial charge in [0.25, 0.3) is 0 Å². The molecule has 0 bridgehead atoms. The molecule has 2 saturated heterocycles. The van der Waals surface area contributed by atoms with Crippen molar-refractivity contribution in [3.63, 3.8) is 0 Å². The Balaban J connectivity index is 0.00000225. The average molecular weight is 404 g/mol. The lowest BCUT2D eigenvalue weighted by Crippen LogP contribution is -3.00. The van der Waals surface area contributed by atoms with Crippen molar-refractivity contribution >= 4 is 24.1 Å². The first-order valence-electron chi connectivity index (χ1n) is 9.51. The van der Waals surface area contributed by atoms with Gasteiger partial charge in [0.15, 0.2) is 0 Å². The highest BCUT2D eigenvalue weighted by Crippen LogP contribution is 2.17. The van der Waals surface area contributed by atoms with Crippen molar-refractivity contribution in [3.8, 4) is 0 Å². The third-order valence-electron chi connectivity index (χ3n) is 4.68. The number of nitrogens with one attached hydrogen (secondary N) is 2. The summed E-state index contributed by atoms with van der Waals surface area (Å²) >= 11 is 0. The Morgan fingerprint density at radius 2 is 1.57 bits per heavy atom. The van der Waals surface area contributed by atoms with Gasteiger partial charge in [0.2, 0.25) is 17.8 Å². The highest BCUT2D eigenvalue weighted by Gasteiger charge is 2.20. The van der Waals surface area contributed by atoms with Crippen LogP contribution in [0, 0.1) is 0 Å². The predicted molar refractivity (Wildman–Crippen MR) is 106 cm³/mol. The van der Waals surface area contributed by atoms with Gasteiger partial charge in [-0.05, 0) is 5.56 Å². The first-order valence-corrected chi connectivity index (χ1v) is 9.51. The van der Waals surface area contributed by atoms with Crippen LogP contribution >= 0.6 is 0 Å². The minimum Gasteiger partial charge on any atom is -1.00 e. The van der Waals surface area contributed by atoms with Gasteiger partial charge >= 0.3 is 0 Å².